The normalized spacial score (nSPS) is 13.0. The second kappa shape index (κ2) is 10.9. The molecule has 0 saturated heterocycles. The Hall–Kier alpha value is -0.770. The fraction of sp³-hybridized carbons (Fsp3) is 0.765. The van der Waals surface area contributed by atoms with E-state index in [0.29, 0.717) is 22.4 Å². The molecule has 0 spiro atoms. The maximum absolute atomic E-state index is 11.8. The van der Waals surface area contributed by atoms with Gasteiger partial charge >= 0.3 is 5.97 Å². The lowest BCUT2D eigenvalue weighted by Crippen LogP contribution is -2.39. The number of likely N-dealkylation sites (N-methyl/N-ethyl adjacent to an activating group) is 1. The van der Waals surface area contributed by atoms with Crippen LogP contribution in [-0.2, 0) is 14.3 Å². The lowest BCUT2D eigenvalue weighted by molar-refractivity contribution is -0.861. The van der Waals surface area contributed by atoms with Gasteiger partial charge in [-0.05, 0) is 18.8 Å². The number of ether oxygens (including phenoxy) is 1. The highest BCUT2D eigenvalue weighted by atomic mass is 31.1. The summed E-state index contributed by atoms with van der Waals surface area (Å²) < 4.78 is 5.59. The van der Waals surface area contributed by atoms with Crippen molar-refractivity contribution >= 4 is 19.6 Å². The summed E-state index contributed by atoms with van der Waals surface area (Å²) in [6.45, 7) is 8.40. The summed E-state index contributed by atoms with van der Waals surface area (Å²) in [6.07, 6.45) is 3.97. The Balaban J connectivity index is 4.05. The van der Waals surface area contributed by atoms with Crippen molar-refractivity contribution in [3.8, 4) is 0 Å². The zero-order valence-electron chi connectivity index (χ0n) is 15.3. The first-order chi connectivity index (χ1) is 10.6. The molecule has 0 aromatic heterocycles. The molecule has 1 N–H and O–H groups in total. The van der Waals surface area contributed by atoms with E-state index in [2.05, 4.69) is 20.4 Å². The van der Waals surface area contributed by atoms with Gasteiger partial charge in [0, 0.05) is 11.7 Å². The molecule has 5 nitrogen and oxygen atoms in total. The largest absolute Gasteiger partial charge is 0.462 e. The molecule has 23 heavy (non-hydrogen) atoms. The molecular formula is C17H33NO4P+. The van der Waals surface area contributed by atoms with Crippen molar-refractivity contribution in [1.29, 1.82) is 0 Å². The monoisotopic (exact) mass is 346 g/mol. The first kappa shape index (κ1) is 22.2. The van der Waals surface area contributed by atoms with Gasteiger partial charge in [-0.2, -0.15) is 0 Å². The SMILES string of the molecule is C=C(CCC(CC)CC)C(=O)OCCP(O)C(=O)C[N+](C)(C)C. The quantitative estimate of drug-likeness (QED) is 0.255. The van der Waals surface area contributed by atoms with E-state index in [0.717, 1.165) is 19.3 Å². The summed E-state index contributed by atoms with van der Waals surface area (Å²) in [4.78, 5) is 33.5. The molecular weight excluding hydrogens is 313 g/mol. The van der Waals surface area contributed by atoms with Gasteiger partial charge in [-0.25, -0.2) is 4.79 Å². The Morgan fingerprint density at radius 1 is 1.22 bits per heavy atom. The summed E-state index contributed by atoms with van der Waals surface area (Å²) >= 11 is 0. The van der Waals surface area contributed by atoms with Crippen LogP contribution in [0.4, 0.5) is 0 Å². The van der Waals surface area contributed by atoms with Crippen molar-refractivity contribution in [2.45, 2.75) is 39.5 Å². The molecule has 0 bridgehead atoms. The zero-order valence-corrected chi connectivity index (χ0v) is 16.2. The average molecular weight is 346 g/mol. The molecule has 0 saturated carbocycles. The van der Waals surface area contributed by atoms with Crippen molar-refractivity contribution in [3.05, 3.63) is 12.2 Å². The summed E-state index contributed by atoms with van der Waals surface area (Å²) in [6, 6.07) is 0. The van der Waals surface area contributed by atoms with Crippen LogP contribution in [0.3, 0.4) is 0 Å². The second-order valence-electron chi connectivity index (χ2n) is 6.93. The van der Waals surface area contributed by atoms with Gasteiger partial charge in [0.05, 0.1) is 27.7 Å². The predicted molar refractivity (Wildman–Crippen MR) is 95.3 cm³/mol. The molecule has 0 rings (SSSR count). The number of rotatable bonds is 12. The molecule has 0 aliphatic rings. The van der Waals surface area contributed by atoms with Crippen LogP contribution in [0.2, 0.25) is 0 Å². The van der Waals surface area contributed by atoms with Crippen LogP contribution in [-0.4, -0.2) is 61.3 Å². The number of quaternary nitrogens is 1. The molecule has 1 unspecified atom stereocenters. The van der Waals surface area contributed by atoms with Crippen LogP contribution in [0.1, 0.15) is 39.5 Å². The topological polar surface area (TPSA) is 63.6 Å². The van der Waals surface area contributed by atoms with Gasteiger partial charge < -0.3 is 14.1 Å². The van der Waals surface area contributed by atoms with Crippen molar-refractivity contribution in [1.82, 2.24) is 0 Å². The van der Waals surface area contributed by atoms with E-state index in [1.54, 1.807) is 0 Å². The maximum atomic E-state index is 11.8. The zero-order chi connectivity index (χ0) is 18.0. The van der Waals surface area contributed by atoms with Crippen LogP contribution in [0.5, 0.6) is 0 Å². The van der Waals surface area contributed by atoms with E-state index in [1.165, 1.54) is 0 Å². The Labute approximate surface area is 142 Å². The first-order valence-electron chi connectivity index (χ1n) is 8.25. The van der Waals surface area contributed by atoms with Gasteiger partial charge in [0.2, 0.25) is 5.52 Å². The summed E-state index contributed by atoms with van der Waals surface area (Å²) in [5.74, 6) is 0.191. The van der Waals surface area contributed by atoms with Crippen molar-refractivity contribution < 1.29 is 23.7 Å². The highest BCUT2D eigenvalue weighted by Gasteiger charge is 2.23. The van der Waals surface area contributed by atoms with Gasteiger partial charge in [0.1, 0.15) is 14.7 Å². The third-order valence-electron chi connectivity index (χ3n) is 3.73. The highest BCUT2D eigenvalue weighted by molar-refractivity contribution is 7.69. The molecule has 0 amide bonds. The number of carbonyl (C=O) groups is 2. The van der Waals surface area contributed by atoms with Gasteiger partial charge in [-0.3, -0.25) is 4.79 Å². The fourth-order valence-corrected chi connectivity index (χ4v) is 3.22. The van der Waals surface area contributed by atoms with Gasteiger partial charge in [0.25, 0.3) is 0 Å². The minimum absolute atomic E-state index is 0.0634. The average Bonchev–Trinajstić information content (AvgIpc) is 2.45. The molecule has 0 aromatic carbocycles. The van der Waals surface area contributed by atoms with Crippen molar-refractivity contribution in [3.63, 3.8) is 0 Å². The summed E-state index contributed by atoms with van der Waals surface area (Å²) in [5.41, 5.74) is 0.299. The van der Waals surface area contributed by atoms with Crippen molar-refractivity contribution in [2.75, 3.05) is 40.5 Å². The Morgan fingerprint density at radius 3 is 2.26 bits per heavy atom. The van der Waals surface area contributed by atoms with Gasteiger partial charge in [0.15, 0.2) is 0 Å². The summed E-state index contributed by atoms with van der Waals surface area (Å²) in [7, 11) is 3.94. The van der Waals surface area contributed by atoms with Crippen LogP contribution in [0.25, 0.3) is 0 Å². The molecule has 0 heterocycles. The molecule has 134 valence electrons. The fourth-order valence-electron chi connectivity index (χ4n) is 2.12. The lowest BCUT2D eigenvalue weighted by Gasteiger charge is -2.23. The number of carbonyl (C=O) groups excluding carboxylic acids is 2. The number of hydrogen-bond donors (Lipinski definition) is 1. The van der Waals surface area contributed by atoms with Crippen LogP contribution < -0.4 is 0 Å². The minimum Gasteiger partial charge on any atom is -0.462 e. The lowest BCUT2D eigenvalue weighted by atomic mass is 9.95. The van der Waals surface area contributed by atoms with Gasteiger partial charge in [-0.15, -0.1) is 0 Å². The number of nitrogens with zero attached hydrogens (tertiary/aromatic N) is 1. The molecule has 1 atom stereocenters. The second-order valence-corrected chi connectivity index (χ2v) is 8.67. The van der Waals surface area contributed by atoms with E-state index in [-0.39, 0.29) is 24.8 Å². The van der Waals surface area contributed by atoms with E-state index in [9.17, 15) is 14.5 Å². The van der Waals surface area contributed by atoms with E-state index >= 15 is 0 Å². The van der Waals surface area contributed by atoms with E-state index in [1.807, 2.05) is 21.1 Å². The van der Waals surface area contributed by atoms with Crippen LogP contribution in [0, 0.1) is 5.92 Å². The Bertz CT molecular complexity index is 400. The predicted octanol–water partition coefficient (Wildman–Crippen LogP) is 2.92. The number of hydrogen-bond acceptors (Lipinski definition) is 4. The molecule has 6 heteroatoms. The Morgan fingerprint density at radius 2 is 1.78 bits per heavy atom. The third-order valence-corrected chi connectivity index (χ3v) is 5.05. The third kappa shape index (κ3) is 10.6. The minimum atomic E-state index is -1.74. The number of esters is 1. The first-order valence-corrected chi connectivity index (χ1v) is 9.73. The molecule has 0 aromatic rings. The molecule has 0 fully saturated rings. The smallest absolute Gasteiger partial charge is 0.333 e. The highest BCUT2D eigenvalue weighted by Crippen LogP contribution is 2.31. The van der Waals surface area contributed by atoms with Crippen LogP contribution >= 0.6 is 8.15 Å². The van der Waals surface area contributed by atoms with E-state index < -0.39 is 14.1 Å². The Kier molecular flexibility index (Phi) is 10.5. The maximum Gasteiger partial charge on any atom is 0.333 e. The van der Waals surface area contributed by atoms with Crippen LogP contribution in [0.15, 0.2) is 12.2 Å². The molecule has 0 aliphatic carbocycles. The summed E-state index contributed by atoms with van der Waals surface area (Å²) in [5, 5.41) is 0. The van der Waals surface area contributed by atoms with E-state index in [4.69, 9.17) is 4.74 Å². The van der Waals surface area contributed by atoms with Crippen molar-refractivity contribution in [2.24, 2.45) is 5.92 Å². The van der Waals surface area contributed by atoms with Gasteiger partial charge in [-0.1, -0.05) is 33.3 Å². The molecule has 0 aliphatic heterocycles. The standard InChI is InChI=1S/C17H33NO4P/c1-7-15(8-2)10-9-14(3)17(20)22-11-12-23(21)16(19)13-18(4,5)6/h15,21H,3,7-13H2,1-2,4-6H3/q+1. The molecule has 0 radical (unpaired) electrons.